The van der Waals surface area contributed by atoms with Crippen LogP contribution in [0.3, 0.4) is 0 Å². The van der Waals surface area contributed by atoms with Gasteiger partial charge in [-0.15, -0.1) is 0 Å². The molecule has 0 radical (unpaired) electrons. The smallest absolute Gasteiger partial charge is 0.249 e. The van der Waals surface area contributed by atoms with E-state index in [9.17, 15) is 13.5 Å². The number of aromatic nitrogens is 2. The lowest BCUT2D eigenvalue weighted by Gasteiger charge is -2.10. The largest absolute Gasteiger partial charge is 0.857 e. The van der Waals surface area contributed by atoms with Gasteiger partial charge in [-0.25, -0.2) is 8.42 Å². The molecule has 6 nitrogen and oxygen atoms in total. The van der Waals surface area contributed by atoms with Gasteiger partial charge in [0.15, 0.2) is 6.54 Å². The highest BCUT2D eigenvalue weighted by atomic mass is 32.2. The summed E-state index contributed by atoms with van der Waals surface area (Å²) in [5.74, 6) is -0.775. The van der Waals surface area contributed by atoms with Crippen LogP contribution in [0, 0.1) is 0 Å². The van der Waals surface area contributed by atoms with Crippen molar-refractivity contribution in [3.8, 4) is 0 Å². The van der Waals surface area contributed by atoms with Crippen LogP contribution in [0.4, 0.5) is 0 Å². The van der Waals surface area contributed by atoms with Crippen LogP contribution in [0.25, 0.3) is 10.9 Å². The number of sulfonamides is 1. The first-order chi connectivity index (χ1) is 8.90. The Bertz CT molecular complexity index is 754. The minimum Gasteiger partial charge on any atom is -0.857 e. The van der Waals surface area contributed by atoms with Gasteiger partial charge in [0, 0.05) is 16.4 Å². The quantitative estimate of drug-likeness (QED) is 0.435. The van der Waals surface area contributed by atoms with E-state index in [4.69, 9.17) is 0 Å². The van der Waals surface area contributed by atoms with Gasteiger partial charge in [-0.3, -0.25) is 0 Å². The van der Waals surface area contributed by atoms with E-state index < -0.39 is 15.9 Å². The molecule has 0 bridgehead atoms. The Kier molecular flexibility index (Phi) is 3.48. The van der Waals surface area contributed by atoms with Crippen LogP contribution in [-0.4, -0.2) is 25.7 Å². The Morgan fingerprint density at radius 1 is 1.42 bits per heavy atom. The van der Waals surface area contributed by atoms with E-state index in [1.54, 1.807) is 28.9 Å². The van der Waals surface area contributed by atoms with Crippen LogP contribution in [0.15, 0.2) is 34.9 Å². The van der Waals surface area contributed by atoms with Crippen LogP contribution in [-0.2, 0) is 16.6 Å². The van der Waals surface area contributed by atoms with Crippen LogP contribution in [0.2, 0.25) is 0 Å². The molecule has 2 rings (SSSR count). The van der Waals surface area contributed by atoms with Gasteiger partial charge in [0.1, 0.15) is 5.52 Å². The summed E-state index contributed by atoms with van der Waals surface area (Å²) in [6.45, 7) is 2.45. The van der Waals surface area contributed by atoms with E-state index in [2.05, 4.69) is 9.50 Å². The SMILES string of the molecule is CC[n+]1cc(C([O-])=NS(C)(=O)=O)c2ccccc2n1. The topological polar surface area (TPSA) is 86.3 Å². The van der Waals surface area contributed by atoms with Crippen LogP contribution in [0.5, 0.6) is 0 Å². The summed E-state index contributed by atoms with van der Waals surface area (Å²) in [6, 6.07) is 7.04. The molecule has 1 aromatic carbocycles. The average Bonchev–Trinajstić information content (AvgIpc) is 2.35. The monoisotopic (exact) mass is 279 g/mol. The number of fused-ring (bicyclic) bond motifs is 1. The van der Waals surface area contributed by atoms with Gasteiger partial charge < -0.3 is 5.11 Å². The highest BCUT2D eigenvalue weighted by Gasteiger charge is 2.11. The van der Waals surface area contributed by atoms with Gasteiger partial charge in [0.2, 0.25) is 16.2 Å². The van der Waals surface area contributed by atoms with Crippen molar-refractivity contribution in [2.75, 3.05) is 6.26 Å². The van der Waals surface area contributed by atoms with Gasteiger partial charge >= 0.3 is 0 Å². The maximum atomic E-state index is 12.0. The van der Waals surface area contributed by atoms with Crippen molar-refractivity contribution in [3.63, 3.8) is 0 Å². The van der Waals surface area contributed by atoms with E-state index in [1.165, 1.54) is 6.20 Å². The van der Waals surface area contributed by atoms with Crippen LogP contribution < -0.4 is 9.79 Å². The molecule has 1 heterocycles. The lowest BCUT2D eigenvalue weighted by Crippen LogP contribution is -2.38. The molecule has 0 spiro atoms. The van der Waals surface area contributed by atoms with E-state index in [0.717, 1.165) is 6.26 Å². The standard InChI is InChI=1S/C12H13N3O3S/c1-3-15-8-10(12(16)14-19(2,17)18)9-6-4-5-7-11(9)13-15/h4-8H,3H2,1-2H3. The van der Waals surface area contributed by atoms with Crippen molar-refractivity contribution in [1.29, 1.82) is 0 Å². The first kappa shape index (κ1) is 13.4. The Hall–Kier alpha value is -2.02. The predicted molar refractivity (Wildman–Crippen MR) is 69.0 cm³/mol. The second-order valence-corrected chi connectivity index (χ2v) is 5.69. The van der Waals surface area contributed by atoms with Gasteiger partial charge in [0.25, 0.3) is 0 Å². The molecule has 0 fully saturated rings. The average molecular weight is 279 g/mol. The molecule has 0 aliphatic heterocycles. The molecule has 0 atom stereocenters. The summed E-state index contributed by atoms with van der Waals surface area (Å²) < 4.78 is 27.0. The molecule has 0 unspecified atom stereocenters. The lowest BCUT2D eigenvalue weighted by atomic mass is 10.1. The molecular weight excluding hydrogens is 266 g/mol. The summed E-state index contributed by atoms with van der Waals surface area (Å²) in [5, 5.41) is 16.8. The molecule has 2 aromatic rings. The predicted octanol–water partition coefficient (Wildman–Crippen LogP) is -0.391. The van der Waals surface area contributed by atoms with E-state index in [-0.39, 0.29) is 5.56 Å². The maximum Gasteiger partial charge on any atom is 0.249 e. The molecule has 0 N–H and O–H groups in total. The number of benzene rings is 1. The maximum absolute atomic E-state index is 12.0. The normalized spacial score (nSPS) is 12.8. The zero-order valence-corrected chi connectivity index (χ0v) is 11.4. The number of rotatable bonds is 3. The Balaban J connectivity index is 2.75. The van der Waals surface area contributed by atoms with E-state index >= 15 is 0 Å². The first-order valence-electron chi connectivity index (χ1n) is 5.67. The fourth-order valence-electron chi connectivity index (χ4n) is 1.71. The lowest BCUT2D eigenvalue weighted by molar-refractivity contribution is -0.748. The molecule has 7 heteroatoms. The molecule has 0 saturated heterocycles. The van der Waals surface area contributed by atoms with Crippen molar-refractivity contribution in [1.82, 2.24) is 5.10 Å². The summed E-state index contributed by atoms with van der Waals surface area (Å²) >= 11 is 0. The Labute approximate surface area is 111 Å². The Morgan fingerprint density at radius 3 is 2.74 bits per heavy atom. The number of nitrogens with zero attached hydrogens (tertiary/aromatic N) is 3. The third kappa shape index (κ3) is 3.05. The summed E-state index contributed by atoms with van der Waals surface area (Å²) in [6.07, 6.45) is 2.40. The van der Waals surface area contributed by atoms with E-state index in [0.29, 0.717) is 17.4 Å². The summed E-state index contributed by atoms with van der Waals surface area (Å²) in [5.41, 5.74) is 0.858. The molecule has 0 aliphatic rings. The zero-order valence-electron chi connectivity index (χ0n) is 10.6. The zero-order chi connectivity index (χ0) is 14.0. The second kappa shape index (κ2) is 4.93. The summed E-state index contributed by atoms with van der Waals surface area (Å²) in [4.78, 5) is 0. The number of aryl methyl sites for hydroxylation is 1. The van der Waals surface area contributed by atoms with Crippen LogP contribution >= 0.6 is 0 Å². The molecule has 0 aliphatic carbocycles. The highest BCUT2D eigenvalue weighted by molar-refractivity contribution is 7.89. The number of hydrogen-bond donors (Lipinski definition) is 0. The van der Waals surface area contributed by atoms with Crippen molar-refractivity contribution < 1.29 is 18.2 Å². The number of hydrogen-bond acceptors (Lipinski definition) is 4. The van der Waals surface area contributed by atoms with E-state index in [1.807, 2.05) is 6.92 Å². The Morgan fingerprint density at radius 2 is 2.11 bits per heavy atom. The van der Waals surface area contributed by atoms with Crippen molar-refractivity contribution in [2.24, 2.45) is 4.40 Å². The minimum absolute atomic E-state index is 0.234. The summed E-state index contributed by atoms with van der Waals surface area (Å²) in [7, 11) is -3.71. The first-order valence-corrected chi connectivity index (χ1v) is 7.52. The van der Waals surface area contributed by atoms with Crippen LogP contribution in [0.1, 0.15) is 12.5 Å². The molecular formula is C12H13N3O3S. The molecule has 0 amide bonds. The molecule has 0 saturated carbocycles. The van der Waals surface area contributed by atoms with Gasteiger partial charge in [0.05, 0.1) is 11.8 Å². The molecule has 1 aromatic heterocycles. The van der Waals surface area contributed by atoms with Gasteiger partial charge in [-0.05, 0) is 13.0 Å². The molecule has 100 valence electrons. The van der Waals surface area contributed by atoms with Gasteiger partial charge in [-0.1, -0.05) is 22.9 Å². The third-order valence-electron chi connectivity index (χ3n) is 2.51. The van der Waals surface area contributed by atoms with Crippen molar-refractivity contribution in [3.05, 3.63) is 36.0 Å². The van der Waals surface area contributed by atoms with Crippen molar-refractivity contribution in [2.45, 2.75) is 13.5 Å². The fourth-order valence-corrected chi connectivity index (χ4v) is 2.11. The van der Waals surface area contributed by atoms with Crippen molar-refractivity contribution >= 4 is 26.8 Å². The minimum atomic E-state index is -3.71. The van der Waals surface area contributed by atoms with Gasteiger partial charge in [-0.2, -0.15) is 4.40 Å². The molecule has 19 heavy (non-hydrogen) atoms. The second-order valence-electron chi connectivity index (χ2n) is 4.05. The third-order valence-corrected chi connectivity index (χ3v) is 3.01. The fraction of sp³-hybridized carbons (Fsp3) is 0.250. The highest BCUT2D eigenvalue weighted by Crippen LogP contribution is 2.14.